The third-order valence-corrected chi connectivity index (χ3v) is 17.9. The van der Waals surface area contributed by atoms with Crippen molar-refractivity contribution in [3.05, 3.63) is 274 Å². The second-order valence-electron chi connectivity index (χ2n) is 27.0. The minimum atomic E-state index is -0.665. The molecule has 13 rings (SSSR count). The molecule has 79 heavy (non-hydrogen) atoms. The molecule has 9 aromatic carbocycles. The molecule has 0 amide bonds. The van der Waals surface area contributed by atoms with Gasteiger partial charge in [-0.1, -0.05) is 217 Å². The van der Waals surface area contributed by atoms with E-state index in [1.54, 1.807) is 0 Å². The van der Waals surface area contributed by atoms with Crippen molar-refractivity contribution in [1.82, 2.24) is 0 Å². The minimum absolute atomic E-state index is 0.0253. The number of rotatable bonds is 6. The first-order valence-electron chi connectivity index (χ1n) is 28.7. The maximum atomic E-state index is 2.63. The molecule has 0 N–H and O–H groups in total. The molecule has 2 atom stereocenters. The van der Waals surface area contributed by atoms with Crippen molar-refractivity contribution < 1.29 is 0 Å². The Labute approximate surface area is 470 Å². The van der Waals surface area contributed by atoms with Crippen LogP contribution in [0.3, 0.4) is 0 Å². The average molecular weight is 1030 g/mol. The fraction of sp³-hybridized carbons (Fsp3) is 0.247. The molecule has 1 spiro atoms. The van der Waals surface area contributed by atoms with Crippen molar-refractivity contribution >= 4 is 34.1 Å². The quantitative estimate of drug-likeness (QED) is 0.164. The standard InChI is InChI=1S/C77H74N2/c1-73(2,3)49-25-33-53(34-26-49)78(54-35-27-50(28-36-54)74(4,5)6)57-41-43-64-65-44-42-58(79(55-37-29-51(30-38-55)75(7,8)9)56-39-31-52(32-40-56)76(10,11)12)46-71(65)77(70(64)45-57)69-24-18-17-23-63(69)68-47-66-61-21-15-13-19-59(61)60-20-14-16-22-62(60)67(66)48-72(68)77/h13-48,59,61H,1-12H3. The summed E-state index contributed by atoms with van der Waals surface area (Å²) in [7, 11) is 0. The average Bonchev–Trinajstić information content (AvgIpc) is 2.30. The first-order chi connectivity index (χ1) is 37.7. The summed E-state index contributed by atoms with van der Waals surface area (Å²) in [5, 5.41) is 0. The molecule has 4 aliphatic rings. The second-order valence-corrected chi connectivity index (χ2v) is 27.0. The highest BCUT2D eigenvalue weighted by atomic mass is 15.1. The van der Waals surface area contributed by atoms with Gasteiger partial charge in [-0.15, -0.1) is 0 Å². The highest BCUT2D eigenvalue weighted by molar-refractivity contribution is 5.99. The molecular weight excluding hydrogens is 953 g/mol. The van der Waals surface area contributed by atoms with Crippen LogP contribution in [0.5, 0.6) is 0 Å². The number of fused-ring (bicyclic) bond motifs is 16. The Bertz CT molecular complexity index is 3630. The van der Waals surface area contributed by atoms with Crippen molar-refractivity contribution in [2.24, 2.45) is 0 Å². The van der Waals surface area contributed by atoms with Gasteiger partial charge < -0.3 is 9.80 Å². The van der Waals surface area contributed by atoms with Crippen molar-refractivity contribution in [2.45, 2.75) is 122 Å². The fourth-order valence-electron chi connectivity index (χ4n) is 13.6. The Morgan fingerprint density at radius 2 is 0.620 bits per heavy atom. The smallest absolute Gasteiger partial charge is 0.0727 e. The lowest BCUT2D eigenvalue weighted by Crippen LogP contribution is -2.27. The molecule has 4 aliphatic carbocycles. The minimum Gasteiger partial charge on any atom is -0.310 e. The van der Waals surface area contributed by atoms with Gasteiger partial charge >= 0.3 is 0 Å². The van der Waals surface area contributed by atoms with Crippen LogP contribution in [0.2, 0.25) is 0 Å². The summed E-state index contributed by atoms with van der Waals surface area (Å²) < 4.78 is 0. The van der Waals surface area contributed by atoms with Gasteiger partial charge in [0.2, 0.25) is 0 Å². The Hall–Kier alpha value is -7.94. The van der Waals surface area contributed by atoms with Crippen LogP contribution in [0.1, 0.15) is 151 Å². The zero-order valence-corrected chi connectivity index (χ0v) is 48.3. The molecule has 9 aromatic rings. The van der Waals surface area contributed by atoms with Crippen LogP contribution in [0, 0.1) is 0 Å². The van der Waals surface area contributed by atoms with E-state index in [1.807, 2.05) is 0 Å². The third kappa shape index (κ3) is 8.19. The zero-order valence-electron chi connectivity index (χ0n) is 48.3. The lowest BCUT2D eigenvalue weighted by atomic mass is 9.66. The van der Waals surface area contributed by atoms with E-state index in [-0.39, 0.29) is 33.5 Å². The van der Waals surface area contributed by atoms with E-state index < -0.39 is 5.41 Å². The van der Waals surface area contributed by atoms with Crippen LogP contribution >= 0.6 is 0 Å². The summed E-state index contributed by atoms with van der Waals surface area (Å²) >= 11 is 0. The highest BCUT2D eigenvalue weighted by Gasteiger charge is 2.53. The van der Waals surface area contributed by atoms with E-state index in [1.165, 1.54) is 89.0 Å². The number of hydrogen-bond acceptors (Lipinski definition) is 2. The van der Waals surface area contributed by atoms with E-state index in [4.69, 9.17) is 0 Å². The summed E-state index contributed by atoms with van der Waals surface area (Å²) in [5.74, 6) is 0.535. The first-order valence-corrected chi connectivity index (χ1v) is 28.7. The normalized spacial score (nSPS) is 16.4. The van der Waals surface area contributed by atoms with Crippen LogP contribution in [-0.4, -0.2) is 0 Å². The molecule has 0 heterocycles. The lowest BCUT2D eigenvalue weighted by molar-refractivity contribution is 0.590. The van der Waals surface area contributed by atoms with Gasteiger partial charge in [-0.2, -0.15) is 0 Å². The van der Waals surface area contributed by atoms with E-state index in [9.17, 15) is 0 Å². The number of allylic oxidation sites excluding steroid dienone is 4. The Morgan fingerprint density at radius 3 is 1.04 bits per heavy atom. The van der Waals surface area contributed by atoms with Gasteiger partial charge in [0.05, 0.1) is 5.41 Å². The maximum absolute atomic E-state index is 2.63. The molecule has 2 unspecified atom stereocenters. The van der Waals surface area contributed by atoms with Gasteiger partial charge in [-0.25, -0.2) is 0 Å². The zero-order chi connectivity index (χ0) is 55.0. The first kappa shape index (κ1) is 50.6. The molecule has 2 nitrogen and oxygen atoms in total. The van der Waals surface area contributed by atoms with Crippen molar-refractivity contribution in [3.63, 3.8) is 0 Å². The molecule has 392 valence electrons. The number of nitrogens with zero attached hydrogens (tertiary/aromatic N) is 2. The topological polar surface area (TPSA) is 6.48 Å². The molecule has 0 bridgehead atoms. The molecule has 0 aliphatic heterocycles. The summed E-state index contributed by atoms with van der Waals surface area (Å²) in [6.07, 6.45) is 9.35. The van der Waals surface area contributed by atoms with Gasteiger partial charge in [-0.05, 0) is 196 Å². The highest BCUT2D eigenvalue weighted by Crippen LogP contribution is 2.66. The number of hydrogen-bond donors (Lipinski definition) is 0. The molecule has 0 radical (unpaired) electrons. The van der Waals surface area contributed by atoms with Gasteiger partial charge in [0.25, 0.3) is 0 Å². The molecule has 0 saturated heterocycles. The summed E-state index contributed by atoms with van der Waals surface area (Å²) in [6, 6.07) is 75.7. The monoisotopic (exact) mass is 1030 g/mol. The summed E-state index contributed by atoms with van der Waals surface area (Å²) in [4.78, 5) is 4.97. The maximum Gasteiger partial charge on any atom is 0.0727 e. The van der Waals surface area contributed by atoms with Crippen molar-refractivity contribution in [1.29, 1.82) is 0 Å². The number of benzene rings is 9. The van der Waals surface area contributed by atoms with Crippen LogP contribution < -0.4 is 9.80 Å². The van der Waals surface area contributed by atoms with Gasteiger partial charge in [0.1, 0.15) is 0 Å². The lowest BCUT2D eigenvalue weighted by Gasteiger charge is -2.36. The Kier molecular flexibility index (Phi) is 11.6. The van der Waals surface area contributed by atoms with Crippen LogP contribution in [0.4, 0.5) is 34.1 Å². The molecular formula is C77H74N2. The van der Waals surface area contributed by atoms with Crippen LogP contribution in [0.25, 0.3) is 33.4 Å². The van der Waals surface area contributed by atoms with E-state index in [2.05, 4.69) is 311 Å². The molecule has 0 saturated carbocycles. The van der Waals surface area contributed by atoms with Gasteiger partial charge in [-0.3, -0.25) is 0 Å². The molecule has 2 heteroatoms. The van der Waals surface area contributed by atoms with Gasteiger partial charge in [0.15, 0.2) is 0 Å². The molecule has 0 aromatic heterocycles. The SMILES string of the molecule is CC(C)(C)c1ccc(N(c2ccc(C(C)(C)C)cc2)c2ccc3c(c2)C2(c4ccccc4-c4cc5c(cc42)-c2ccccc2C2C=CC=CC52)c2cc(N(c4ccc(C(C)(C)C)cc4)c4ccc(C(C)(C)C)cc4)ccc2-3)cc1. The predicted octanol–water partition coefficient (Wildman–Crippen LogP) is 21.1. The van der Waals surface area contributed by atoms with E-state index in [0.29, 0.717) is 0 Å². The van der Waals surface area contributed by atoms with E-state index >= 15 is 0 Å². The Morgan fingerprint density at radius 1 is 0.278 bits per heavy atom. The van der Waals surface area contributed by atoms with E-state index in [0.717, 1.165) is 34.1 Å². The fourth-order valence-corrected chi connectivity index (χ4v) is 13.6. The van der Waals surface area contributed by atoms with Crippen LogP contribution in [0.15, 0.2) is 218 Å². The number of anilines is 6. The van der Waals surface area contributed by atoms with Crippen molar-refractivity contribution in [3.8, 4) is 33.4 Å². The second kappa shape index (κ2) is 18.0. The van der Waals surface area contributed by atoms with Crippen LogP contribution in [-0.2, 0) is 27.1 Å². The predicted molar refractivity (Wildman–Crippen MR) is 336 cm³/mol. The summed E-state index contributed by atoms with van der Waals surface area (Å²) in [5.41, 5.74) is 27.5. The third-order valence-electron chi connectivity index (χ3n) is 17.9. The molecule has 0 fully saturated rings. The Balaban J connectivity index is 1.09. The van der Waals surface area contributed by atoms with Gasteiger partial charge in [0, 0.05) is 46.0 Å². The largest absolute Gasteiger partial charge is 0.310 e. The van der Waals surface area contributed by atoms with Crippen molar-refractivity contribution in [2.75, 3.05) is 9.80 Å². The summed E-state index contributed by atoms with van der Waals surface area (Å²) in [6.45, 7) is 27.6.